The Labute approximate surface area is 146 Å². The van der Waals surface area contributed by atoms with E-state index in [4.69, 9.17) is 16.6 Å². The van der Waals surface area contributed by atoms with Crippen LogP contribution in [0.1, 0.15) is 11.3 Å². The molecule has 0 aliphatic rings. The van der Waals surface area contributed by atoms with Crippen LogP contribution in [0.2, 0.25) is 5.02 Å². The van der Waals surface area contributed by atoms with E-state index in [-0.39, 0.29) is 0 Å². The fourth-order valence-electron chi connectivity index (χ4n) is 2.32. The molecule has 0 saturated carbocycles. The molecule has 1 aromatic carbocycles. The van der Waals surface area contributed by atoms with Crippen molar-refractivity contribution in [1.29, 1.82) is 0 Å². The van der Waals surface area contributed by atoms with E-state index in [1.807, 2.05) is 36.4 Å². The van der Waals surface area contributed by atoms with Gasteiger partial charge in [0.1, 0.15) is 5.01 Å². The number of nitrogens with zero attached hydrogens (tertiary/aromatic N) is 5. The molecule has 0 aliphatic carbocycles. The van der Waals surface area contributed by atoms with Crippen molar-refractivity contribution in [2.24, 2.45) is 0 Å². The van der Waals surface area contributed by atoms with Crippen LogP contribution in [0.5, 0.6) is 0 Å². The molecule has 0 bridgehead atoms. The first-order valence-corrected chi connectivity index (χ1v) is 8.37. The second kappa shape index (κ2) is 6.46. The van der Waals surface area contributed by atoms with Crippen LogP contribution in [-0.4, -0.2) is 30.6 Å². The highest BCUT2D eigenvalue weighted by Crippen LogP contribution is 2.34. The third-order valence-electron chi connectivity index (χ3n) is 3.46. The zero-order chi connectivity index (χ0) is 16.4. The molecular formula is C16H11ClN6S. The van der Waals surface area contributed by atoms with Gasteiger partial charge in [-0.25, -0.2) is 4.98 Å². The van der Waals surface area contributed by atoms with Gasteiger partial charge in [0.15, 0.2) is 0 Å². The molecule has 6 nitrogen and oxygen atoms in total. The SMILES string of the molecule is Clc1ccc(Cc2nc(-c3ccncc3)sc2-c2nn[nH]n2)cc1. The van der Waals surface area contributed by atoms with Crippen LogP contribution < -0.4 is 0 Å². The summed E-state index contributed by atoms with van der Waals surface area (Å²) in [6.07, 6.45) is 4.18. The molecule has 4 aromatic rings. The molecule has 0 spiro atoms. The molecule has 0 saturated heterocycles. The Morgan fingerprint density at radius 2 is 1.83 bits per heavy atom. The van der Waals surface area contributed by atoms with Crippen molar-refractivity contribution in [2.75, 3.05) is 0 Å². The van der Waals surface area contributed by atoms with Crippen LogP contribution in [0.25, 0.3) is 21.3 Å². The van der Waals surface area contributed by atoms with E-state index in [9.17, 15) is 0 Å². The molecule has 0 amide bonds. The Hall–Kier alpha value is -2.64. The zero-order valence-corrected chi connectivity index (χ0v) is 13.9. The molecule has 1 N–H and O–H groups in total. The van der Waals surface area contributed by atoms with Crippen LogP contribution in [0.15, 0.2) is 48.8 Å². The first-order chi connectivity index (χ1) is 11.8. The van der Waals surface area contributed by atoms with Gasteiger partial charge in [-0.05, 0) is 35.0 Å². The van der Waals surface area contributed by atoms with E-state index in [2.05, 4.69) is 25.6 Å². The summed E-state index contributed by atoms with van der Waals surface area (Å²) in [6, 6.07) is 11.6. The topological polar surface area (TPSA) is 80.2 Å². The largest absolute Gasteiger partial charge is 0.265 e. The standard InChI is InChI=1S/C16H11ClN6S/c17-12-3-1-10(2-4-12)9-13-14(15-20-22-23-21-15)24-16(19-13)11-5-7-18-8-6-11/h1-8H,9H2,(H,20,21,22,23). The molecule has 0 unspecified atom stereocenters. The summed E-state index contributed by atoms with van der Waals surface area (Å²) in [6.45, 7) is 0. The summed E-state index contributed by atoms with van der Waals surface area (Å²) in [5.74, 6) is 0.553. The summed E-state index contributed by atoms with van der Waals surface area (Å²) < 4.78 is 0. The smallest absolute Gasteiger partial charge is 0.216 e. The van der Waals surface area contributed by atoms with Crippen molar-refractivity contribution < 1.29 is 0 Å². The number of benzene rings is 1. The molecule has 3 aromatic heterocycles. The van der Waals surface area contributed by atoms with Crippen LogP contribution in [0.4, 0.5) is 0 Å². The number of aromatic nitrogens is 6. The van der Waals surface area contributed by atoms with Gasteiger partial charge in [-0.2, -0.15) is 5.21 Å². The fourth-order valence-corrected chi connectivity index (χ4v) is 3.46. The summed E-state index contributed by atoms with van der Waals surface area (Å²) >= 11 is 7.50. The normalized spacial score (nSPS) is 10.9. The Morgan fingerprint density at radius 3 is 2.54 bits per heavy atom. The molecule has 3 heterocycles. The maximum Gasteiger partial charge on any atom is 0.216 e. The number of halogens is 1. The second-order valence-corrected chi connectivity index (χ2v) is 6.50. The van der Waals surface area contributed by atoms with E-state index in [1.54, 1.807) is 23.7 Å². The number of hydrogen-bond donors (Lipinski definition) is 1. The van der Waals surface area contributed by atoms with Crippen LogP contribution in [0, 0.1) is 0 Å². The number of H-pyrrole nitrogens is 1. The third-order valence-corrected chi connectivity index (χ3v) is 4.85. The lowest BCUT2D eigenvalue weighted by Crippen LogP contribution is -1.92. The number of tetrazole rings is 1. The first-order valence-electron chi connectivity index (χ1n) is 7.18. The minimum atomic E-state index is 0.553. The zero-order valence-electron chi connectivity index (χ0n) is 12.3. The predicted octanol–water partition coefficient (Wildman–Crippen LogP) is 3.63. The van der Waals surface area contributed by atoms with Gasteiger partial charge >= 0.3 is 0 Å². The molecule has 0 fully saturated rings. The summed E-state index contributed by atoms with van der Waals surface area (Å²) in [5, 5.41) is 16.0. The molecule has 0 radical (unpaired) electrons. The number of nitrogens with one attached hydrogen (secondary N) is 1. The Balaban J connectivity index is 1.76. The van der Waals surface area contributed by atoms with Crippen molar-refractivity contribution in [3.05, 3.63) is 65.1 Å². The fraction of sp³-hybridized carbons (Fsp3) is 0.0625. The van der Waals surface area contributed by atoms with Crippen LogP contribution in [0.3, 0.4) is 0 Å². The molecule has 24 heavy (non-hydrogen) atoms. The Kier molecular flexibility index (Phi) is 4.02. The summed E-state index contributed by atoms with van der Waals surface area (Å²) in [7, 11) is 0. The Morgan fingerprint density at radius 1 is 1.04 bits per heavy atom. The average molecular weight is 355 g/mol. The van der Waals surface area contributed by atoms with E-state index in [1.165, 1.54) is 0 Å². The van der Waals surface area contributed by atoms with Gasteiger partial charge in [-0.1, -0.05) is 23.7 Å². The predicted molar refractivity (Wildman–Crippen MR) is 92.8 cm³/mol. The number of aromatic amines is 1. The maximum atomic E-state index is 5.96. The van der Waals surface area contributed by atoms with Crippen molar-refractivity contribution in [1.82, 2.24) is 30.6 Å². The van der Waals surface area contributed by atoms with Crippen LogP contribution >= 0.6 is 22.9 Å². The maximum absolute atomic E-state index is 5.96. The van der Waals surface area contributed by atoms with E-state index < -0.39 is 0 Å². The summed E-state index contributed by atoms with van der Waals surface area (Å²) in [4.78, 5) is 9.75. The van der Waals surface area contributed by atoms with E-state index >= 15 is 0 Å². The number of hydrogen-bond acceptors (Lipinski definition) is 6. The second-order valence-electron chi connectivity index (χ2n) is 5.07. The molecule has 0 aliphatic heterocycles. The number of thiazole rings is 1. The first kappa shape index (κ1) is 14.9. The lowest BCUT2D eigenvalue weighted by atomic mass is 10.1. The Bertz CT molecular complexity index is 935. The molecule has 8 heteroatoms. The van der Waals surface area contributed by atoms with Gasteiger partial charge in [0, 0.05) is 29.4 Å². The van der Waals surface area contributed by atoms with Crippen molar-refractivity contribution in [2.45, 2.75) is 6.42 Å². The highest BCUT2D eigenvalue weighted by molar-refractivity contribution is 7.18. The quantitative estimate of drug-likeness (QED) is 0.605. The molecular weight excluding hydrogens is 344 g/mol. The highest BCUT2D eigenvalue weighted by atomic mass is 35.5. The lowest BCUT2D eigenvalue weighted by Gasteiger charge is -2.00. The summed E-state index contributed by atoms with van der Waals surface area (Å²) in [5.41, 5.74) is 3.05. The minimum Gasteiger partial charge on any atom is -0.265 e. The number of rotatable bonds is 4. The van der Waals surface area contributed by atoms with Gasteiger partial charge in [0.25, 0.3) is 0 Å². The van der Waals surface area contributed by atoms with Crippen LogP contribution in [-0.2, 0) is 6.42 Å². The average Bonchev–Trinajstić information content (AvgIpc) is 3.27. The van der Waals surface area contributed by atoms with Gasteiger partial charge < -0.3 is 0 Å². The number of pyridine rings is 1. The van der Waals surface area contributed by atoms with Crippen molar-refractivity contribution >= 4 is 22.9 Å². The van der Waals surface area contributed by atoms with Gasteiger partial charge in [-0.15, -0.1) is 21.5 Å². The molecule has 4 rings (SSSR count). The van der Waals surface area contributed by atoms with E-state index in [0.29, 0.717) is 17.3 Å². The van der Waals surface area contributed by atoms with E-state index in [0.717, 1.165) is 26.7 Å². The minimum absolute atomic E-state index is 0.553. The van der Waals surface area contributed by atoms with Crippen molar-refractivity contribution in [3.63, 3.8) is 0 Å². The third kappa shape index (κ3) is 3.04. The highest BCUT2D eigenvalue weighted by Gasteiger charge is 2.17. The van der Waals surface area contributed by atoms with Gasteiger partial charge in [-0.3, -0.25) is 4.98 Å². The van der Waals surface area contributed by atoms with Gasteiger partial charge in [0.05, 0.1) is 10.6 Å². The monoisotopic (exact) mass is 354 g/mol. The van der Waals surface area contributed by atoms with Crippen molar-refractivity contribution in [3.8, 4) is 21.3 Å². The molecule has 0 atom stereocenters. The molecule has 118 valence electrons. The lowest BCUT2D eigenvalue weighted by molar-refractivity contribution is 0.881. The van der Waals surface area contributed by atoms with Gasteiger partial charge in [0.2, 0.25) is 5.82 Å².